The average Bonchev–Trinajstić information content (AvgIpc) is 2.88. The van der Waals surface area contributed by atoms with E-state index in [1.165, 1.54) is 7.11 Å². The van der Waals surface area contributed by atoms with Crippen molar-refractivity contribution in [3.05, 3.63) is 22.5 Å². The van der Waals surface area contributed by atoms with Crippen LogP contribution in [0.25, 0.3) is 0 Å². The van der Waals surface area contributed by atoms with Crippen molar-refractivity contribution < 1.29 is 19.1 Å². The van der Waals surface area contributed by atoms with Gasteiger partial charge in [-0.3, -0.25) is 0 Å². The lowest BCUT2D eigenvalue weighted by molar-refractivity contribution is 0.0518. The number of H-pyrrole nitrogens is 1. The Morgan fingerprint density at radius 3 is 2.00 bits per heavy atom. The van der Waals surface area contributed by atoms with Crippen LogP contribution in [0, 0.1) is 6.92 Å². The van der Waals surface area contributed by atoms with Crippen molar-refractivity contribution in [1.82, 2.24) is 4.98 Å². The summed E-state index contributed by atoms with van der Waals surface area (Å²) in [5.41, 5.74) is 2.12. The zero-order valence-electron chi connectivity index (χ0n) is 15.3. The van der Waals surface area contributed by atoms with Crippen molar-refractivity contribution in [2.75, 3.05) is 13.7 Å². The van der Waals surface area contributed by atoms with Crippen LogP contribution in [0.15, 0.2) is 0 Å². The molecular weight excluding hydrogens is 282 g/mol. The smallest absolute Gasteiger partial charge is 0.355 e. The summed E-state index contributed by atoms with van der Waals surface area (Å²) >= 11 is 0. The molecular formula is C17H31NO4. The first-order chi connectivity index (χ1) is 10.6. The summed E-state index contributed by atoms with van der Waals surface area (Å²) in [7, 11) is 1.33. The summed E-state index contributed by atoms with van der Waals surface area (Å²) in [4.78, 5) is 26.5. The van der Waals surface area contributed by atoms with Crippen LogP contribution in [0.4, 0.5) is 0 Å². The van der Waals surface area contributed by atoms with Gasteiger partial charge in [-0.2, -0.15) is 0 Å². The molecule has 0 aromatic carbocycles. The third kappa shape index (κ3) is 5.92. The van der Waals surface area contributed by atoms with Gasteiger partial charge in [0.1, 0.15) is 5.69 Å². The van der Waals surface area contributed by atoms with Gasteiger partial charge in [-0.25, -0.2) is 9.59 Å². The number of ether oxygens (including phenoxy) is 2. The monoisotopic (exact) mass is 313 g/mol. The fraction of sp³-hybridized carbons (Fsp3) is 0.647. The second-order valence-corrected chi connectivity index (χ2v) is 3.94. The fourth-order valence-electron chi connectivity index (χ4n) is 1.93. The minimum Gasteiger partial charge on any atom is -0.465 e. The van der Waals surface area contributed by atoms with Gasteiger partial charge in [0.15, 0.2) is 0 Å². The number of esters is 2. The molecule has 0 aliphatic rings. The molecule has 0 fully saturated rings. The highest BCUT2D eigenvalue weighted by Gasteiger charge is 2.25. The van der Waals surface area contributed by atoms with E-state index in [1.54, 1.807) is 13.8 Å². The molecule has 0 radical (unpaired) electrons. The van der Waals surface area contributed by atoms with Crippen LogP contribution in [-0.4, -0.2) is 30.6 Å². The Balaban J connectivity index is 0. The quantitative estimate of drug-likeness (QED) is 0.823. The second-order valence-electron chi connectivity index (χ2n) is 3.94. The summed E-state index contributed by atoms with van der Waals surface area (Å²) in [6.45, 7) is 13.8. The van der Waals surface area contributed by atoms with Gasteiger partial charge in [0.25, 0.3) is 0 Å². The first kappa shape index (κ1) is 22.5. The third-order valence-corrected chi connectivity index (χ3v) is 2.66. The number of aryl methyl sites for hydroxylation is 1. The molecule has 0 aliphatic heterocycles. The van der Waals surface area contributed by atoms with Crippen LogP contribution in [-0.2, 0) is 15.9 Å². The van der Waals surface area contributed by atoms with Gasteiger partial charge in [-0.15, -0.1) is 0 Å². The number of aromatic amines is 1. The molecule has 5 nitrogen and oxygen atoms in total. The molecule has 0 aliphatic carbocycles. The Labute approximate surface area is 134 Å². The summed E-state index contributed by atoms with van der Waals surface area (Å²) in [5, 5.41) is 0. The standard InChI is InChI=1S/C13H19NO4.2C2H6/c1-5-7-9-10(12(15)17-4)8(3)14-11(9)13(16)18-6-2;2*1-2/h14H,5-7H2,1-4H3;2*1-2H3. The average molecular weight is 313 g/mol. The number of methoxy groups -OCH3 is 1. The van der Waals surface area contributed by atoms with Crippen molar-refractivity contribution >= 4 is 11.9 Å². The highest BCUT2D eigenvalue weighted by Crippen LogP contribution is 2.22. The van der Waals surface area contributed by atoms with E-state index in [-0.39, 0.29) is 0 Å². The van der Waals surface area contributed by atoms with E-state index >= 15 is 0 Å². The molecule has 0 bridgehead atoms. The first-order valence-corrected chi connectivity index (χ1v) is 8.03. The Kier molecular flexibility index (Phi) is 13.2. The van der Waals surface area contributed by atoms with Gasteiger partial charge in [-0.05, 0) is 25.8 Å². The number of hydrogen-bond donors (Lipinski definition) is 1. The Hall–Kier alpha value is -1.78. The van der Waals surface area contributed by atoms with Crippen LogP contribution in [0.2, 0.25) is 0 Å². The van der Waals surface area contributed by atoms with E-state index in [4.69, 9.17) is 9.47 Å². The SMILES string of the molecule is CC.CC.CCCc1c(C(=O)OCC)[nH]c(C)c1C(=O)OC. The number of carbonyl (C=O) groups is 2. The molecule has 22 heavy (non-hydrogen) atoms. The molecule has 1 N–H and O–H groups in total. The number of rotatable bonds is 5. The fourth-order valence-corrected chi connectivity index (χ4v) is 1.93. The molecule has 1 rings (SSSR count). The van der Waals surface area contributed by atoms with Crippen molar-refractivity contribution in [3.63, 3.8) is 0 Å². The maximum Gasteiger partial charge on any atom is 0.355 e. The lowest BCUT2D eigenvalue weighted by Crippen LogP contribution is -2.10. The molecule has 0 atom stereocenters. The maximum absolute atomic E-state index is 11.8. The first-order valence-electron chi connectivity index (χ1n) is 8.03. The van der Waals surface area contributed by atoms with Gasteiger partial charge >= 0.3 is 11.9 Å². The van der Waals surface area contributed by atoms with Crippen LogP contribution < -0.4 is 0 Å². The van der Waals surface area contributed by atoms with E-state index in [0.29, 0.717) is 35.5 Å². The Bertz CT molecular complexity index is 450. The van der Waals surface area contributed by atoms with E-state index in [1.807, 2.05) is 34.6 Å². The minimum absolute atomic E-state index is 0.302. The lowest BCUT2D eigenvalue weighted by Gasteiger charge is -2.05. The van der Waals surface area contributed by atoms with Crippen LogP contribution in [0.1, 0.15) is 80.1 Å². The molecule has 0 spiro atoms. The van der Waals surface area contributed by atoms with Crippen LogP contribution >= 0.6 is 0 Å². The predicted octanol–water partition coefficient (Wildman–Crippen LogP) is 4.29. The third-order valence-electron chi connectivity index (χ3n) is 2.66. The molecule has 0 saturated heterocycles. The number of nitrogens with one attached hydrogen (secondary N) is 1. The molecule has 5 heteroatoms. The molecule has 0 unspecified atom stereocenters. The van der Waals surface area contributed by atoms with Crippen molar-refractivity contribution in [2.45, 2.75) is 61.3 Å². The number of hydrogen-bond acceptors (Lipinski definition) is 4. The molecule has 1 aromatic heterocycles. The largest absolute Gasteiger partial charge is 0.465 e. The molecule has 0 amide bonds. The predicted molar refractivity (Wildman–Crippen MR) is 89.5 cm³/mol. The Morgan fingerprint density at radius 2 is 1.59 bits per heavy atom. The van der Waals surface area contributed by atoms with Gasteiger partial charge in [0.05, 0.1) is 19.3 Å². The summed E-state index contributed by atoms with van der Waals surface area (Å²) in [6, 6.07) is 0. The van der Waals surface area contributed by atoms with Gasteiger partial charge in [-0.1, -0.05) is 41.0 Å². The highest BCUT2D eigenvalue weighted by atomic mass is 16.5. The van der Waals surface area contributed by atoms with Gasteiger partial charge in [0, 0.05) is 5.69 Å². The van der Waals surface area contributed by atoms with Gasteiger partial charge in [0.2, 0.25) is 0 Å². The number of aromatic nitrogens is 1. The van der Waals surface area contributed by atoms with E-state index < -0.39 is 11.9 Å². The highest BCUT2D eigenvalue weighted by molar-refractivity contribution is 5.98. The van der Waals surface area contributed by atoms with Crippen molar-refractivity contribution in [2.24, 2.45) is 0 Å². The zero-order chi connectivity index (χ0) is 17.7. The zero-order valence-corrected chi connectivity index (χ0v) is 15.3. The van der Waals surface area contributed by atoms with Gasteiger partial charge < -0.3 is 14.5 Å². The normalized spacial score (nSPS) is 8.91. The molecule has 128 valence electrons. The minimum atomic E-state index is -0.431. The van der Waals surface area contributed by atoms with E-state index in [2.05, 4.69) is 4.98 Å². The lowest BCUT2D eigenvalue weighted by atomic mass is 10.0. The second kappa shape index (κ2) is 12.9. The Morgan fingerprint density at radius 1 is 1.05 bits per heavy atom. The molecule has 0 saturated carbocycles. The number of carbonyl (C=O) groups excluding carboxylic acids is 2. The summed E-state index contributed by atoms with van der Waals surface area (Å²) in [5.74, 6) is -0.859. The van der Waals surface area contributed by atoms with Crippen molar-refractivity contribution in [1.29, 1.82) is 0 Å². The van der Waals surface area contributed by atoms with Crippen LogP contribution in [0.5, 0.6) is 0 Å². The van der Waals surface area contributed by atoms with Crippen LogP contribution in [0.3, 0.4) is 0 Å². The molecule has 1 aromatic rings. The summed E-state index contributed by atoms with van der Waals surface area (Å²) in [6.07, 6.45) is 1.45. The van der Waals surface area contributed by atoms with E-state index in [9.17, 15) is 9.59 Å². The van der Waals surface area contributed by atoms with Crippen molar-refractivity contribution in [3.8, 4) is 0 Å². The topological polar surface area (TPSA) is 68.4 Å². The summed E-state index contributed by atoms with van der Waals surface area (Å²) < 4.78 is 9.72. The maximum atomic E-state index is 11.8. The van der Waals surface area contributed by atoms with E-state index in [0.717, 1.165) is 6.42 Å². The molecule has 1 heterocycles.